The van der Waals surface area contributed by atoms with Gasteiger partial charge in [-0.3, -0.25) is 9.55 Å². The molecule has 172 valence electrons. The van der Waals surface area contributed by atoms with Crippen LogP contribution in [0.1, 0.15) is 11.3 Å². The van der Waals surface area contributed by atoms with Gasteiger partial charge in [0.2, 0.25) is 0 Å². The predicted octanol–water partition coefficient (Wildman–Crippen LogP) is 8.27. The molecule has 7 rings (SSSR count). The van der Waals surface area contributed by atoms with E-state index in [1.165, 1.54) is 5.56 Å². The molecule has 0 radical (unpaired) electrons. The molecule has 0 aliphatic rings. The SMILES string of the molecule is Cc1nc(-c2ccccc2)cc2c1nc(-c1ccc(C)c3c1oc1ccccc13)n2-c1ccccc1. The molecule has 0 saturated heterocycles. The van der Waals surface area contributed by atoms with Gasteiger partial charge in [0.15, 0.2) is 0 Å². The van der Waals surface area contributed by atoms with Crippen molar-refractivity contribution in [1.29, 1.82) is 0 Å². The quantitative estimate of drug-likeness (QED) is 0.264. The van der Waals surface area contributed by atoms with Crippen molar-refractivity contribution in [3.63, 3.8) is 0 Å². The first-order chi connectivity index (χ1) is 17.7. The maximum atomic E-state index is 6.46. The number of rotatable bonds is 3. The summed E-state index contributed by atoms with van der Waals surface area (Å²) in [6.45, 7) is 4.17. The zero-order valence-corrected chi connectivity index (χ0v) is 20.1. The van der Waals surface area contributed by atoms with Crippen LogP contribution in [-0.4, -0.2) is 14.5 Å². The summed E-state index contributed by atoms with van der Waals surface area (Å²) in [5.74, 6) is 0.843. The molecule has 0 aliphatic carbocycles. The van der Waals surface area contributed by atoms with E-state index in [1.807, 2.05) is 43.3 Å². The van der Waals surface area contributed by atoms with Crippen LogP contribution in [0.4, 0.5) is 0 Å². The summed E-state index contributed by atoms with van der Waals surface area (Å²) < 4.78 is 8.69. The third-order valence-electron chi connectivity index (χ3n) is 6.88. The number of imidazole rings is 1. The van der Waals surface area contributed by atoms with Crippen molar-refractivity contribution in [2.24, 2.45) is 0 Å². The highest BCUT2D eigenvalue weighted by molar-refractivity contribution is 6.11. The average Bonchev–Trinajstić information content (AvgIpc) is 3.50. The second kappa shape index (κ2) is 7.92. The van der Waals surface area contributed by atoms with Gasteiger partial charge < -0.3 is 4.42 Å². The maximum absolute atomic E-state index is 6.46. The number of benzene rings is 4. The maximum Gasteiger partial charge on any atom is 0.149 e. The fourth-order valence-corrected chi connectivity index (χ4v) is 5.17. The first kappa shape index (κ1) is 20.7. The highest BCUT2D eigenvalue weighted by Crippen LogP contribution is 2.40. The Morgan fingerprint density at radius 1 is 0.722 bits per heavy atom. The Morgan fingerprint density at radius 2 is 1.44 bits per heavy atom. The van der Waals surface area contributed by atoms with Crippen molar-refractivity contribution in [1.82, 2.24) is 14.5 Å². The molecule has 0 saturated carbocycles. The third-order valence-corrected chi connectivity index (χ3v) is 6.88. The van der Waals surface area contributed by atoms with E-state index in [-0.39, 0.29) is 0 Å². The Morgan fingerprint density at radius 3 is 2.25 bits per heavy atom. The molecule has 4 aromatic carbocycles. The number of pyridine rings is 1. The lowest BCUT2D eigenvalue weighted by atomic mass is 10.0. The zero-order chi connectivity index (χ0) is 24.2. The van der Waals surface area contributed by atoms with Gasteiger partial charge in [0.1, 0.15) is 22.5 Å². The first-order valence-corrected chi connectivity index (χ1v) is 12.1. The molecule has 0 unspecified atom stereocenters. The van der Waals surface area contributed by atoms with Crippen molar-refractivity contribution in [2.45, 2.75) is 13.8 Å². The van der Waals surface area contributed by atoms with Gasteiger partial charge in [-0.25, -0.2) is 4.98 Å². The summed E-state index contributed by atoms with van der Waals surface area (Å²) in [6.07, 6.45) is 0. The molecule has 36 heavy (non-hydrogen) atoms. The van der Waals surface area contributed by atoms with Crippen LogP contribution in [0.15, 0.2) is 108 Å². The molecule has 0 bridgehead atoms. The lowest BCUT2D eigenvalue weighted by Gasteiger charge is -2.11. The molecule has 3 heterocycles. The summed E-state index contributed by atoms with van der Waals surface area (Å²) in [6, 6.07) is 35.3. The standard InChI is InChI=1S/C32H23N3O/c1-20-17-18-25(31-29(20)24-15-9-10-16-28(24)36-31)32-34-30-21(2)33-26(22-11-5-3-6-12-22)19-27(30)35(32)23-13-7-4-8-14-23/h3-19H,1-2H3. The van der Waals surface area contributed by atoms with Crippen molar-refractivity contribution in [3.8, 4) is 28.3 Å². The molecule has 4 heteroatoms. The number of aryl methyl sites for hydroxylation is 2. The van der Waals surface area contributed by atoms with E-state index < -0.39 is 0 Å². The van der Waals surface area contributed by atoms with E-state index in [9.17, 15) is 0 Å². The lowest BCUT2D eigenvalue weighted by Crippen LogP contribution is -1.98. The van der Waals surface area contributed by atoms with Gasteiger partial charge in [0.05, 0.1) is 22.5 Å². The minimum Gasteiger partial charge on any atom is -0.455 e. The lowest BCUT2D eigenvalue weighted by molar-refractivity contribution is 0.669. The summed E-state index contributed by atoms with van der Waals surface area (Å²) in [4.78, 5) is 10.1. The van der Waals surface area contributed by atoms with Crippen molar-refractivity contribution < 1.29 is 4.42 Å². The number of hydrogen-bond donors (Lipinski definition) is 0. The Hall–Kier alpha value is -4.70. The molecule has 0 amide bonds. The fourth-order valence-electron chi connectivity index (χ4n) is 5.17. The highest BCUT2D eigenvalue weighted by atomic mass is 16.3. The Kier molecular flexibility index (Phi) is 4.55. The van der Waals surface area contributed by atoms with Crippen LogP contribution < -0.4 is 0 Å². The monoisotopic (exact) mass is 465 g/mol. The summed E-state index contributed by atoms with van der Waals surface area (Å²) in [5, 5.41) is 2.26. The summed E-state index contributed by atoms with van der Waals surface area (Å²) in [7, 11) is 0. The van der Waals surface area contributed by atoms with Crippen molar-refractivity contribution >= 4 is 33.0 Å². The molecule has 0 atom stereocenters. The number of furan rings is 1. The van der Waals surface area contributed by atoms with Gasteiger partial charge in [0, 0.05) is 22.0 Å². The highest BCUT2D eigenvalue weighted by Gasteiger charge is 2.22. The Bertz CT molecular complexity index is 1900. The van der Waals surface area contributed by atoms with Crippen LogP contribution >= 0.6 is 0 Å². The molecule has 0 aliphatic heterocycles. The smallest absolute Gasteiger partial charge is 0.149 e. The largest absolute Gasteiger partial charge is 0.455 e. The van der Waals surface area contributed by atoms with E-state index in [4.69, 9.17) is 14.4 Å². The van der Waals surface area contributed by atoms with Gasteiger partial charge in [-0.2, -0.15) is 0 Å². The number of fused-ring (bicyclic) bond motifs is 4. The van der Waals surface area contributed by atoms with Crippen molar-refractivity contribution in [2.75, 3.05) is 0 Å². The van der Waals surface area contributed by atoms with E-state index >= 15 is 0 Å². The van der Waals surface area contributed by atoms with Crippen molar-refractivity contribution in [3.05, 3.63) is 114 Å². The second-order valence-corrected chi connectivity index (χ2v) is 9.17. The van der Waals surface area contributed by atoms with Crippen LogP contribution in [0, 0.1) is 13.8 Å². The Labute approximate surface area is 208 Å². The van der Waals surface area contributed by atoms with E-state index in [0.29, 0.717) is 0 Å². The number of hydrogen-bond acceptors (Lipinski definition) is 3. The molecular formula is C32H23N3O. The average molecular weight is 466 g/mol. The van der Waals surface area contributed by atoms with Crippen LogP contribution in [0.5, 0.6) is 0 Å². The predicted molar refractivity (Wildman–Crippen MR) is 146 cm³/mol. The molecular weight excluding hydrogens is 442 g/mol. The van der Waals surface area contributed by atoms with Crippen LogP contribution in [0.3, 0.4) is 0 Å². The second-order valence-electron chi connectivity index (χ2n) is 9.17. The molecule has 0 N–H and O–H groups in total. The Balaban J connectivity index is 1.60. The van der Waals surface area contributed by atoms with Gasteiger partial charge >= 0.3 is 0 Å². The minimum atomic E-state index is 0.843. The van der Waals surface area contributed by atoms with Gasteiger partial charge in [-0.15, -0.1) is 0 Å². The fraction of sp³-hybridized carbons (Fsp3) is 0.0625. The summed E-state index contributed by atoms with van der Waals surface area (Å²) in [5.41, 5.74) is 9.76. The molecule has 7 aromatic rings. The van der Waals surface area contributed by atoms with Gasteiger partial charge in [-0.05, 0) is 49.7 Å². The van der Waals surface area contributed by atoms with Gasteiger partial charge in [0.25, 0.3) is 0 Å². The number of nitrogens with zero attached hydrogens (tertiary/aromatic N) is 3. The third kappa shape index (κ3) is 3.08. The zero-order valence-electron chi connectivity index (χ0n) is 20.1. The van der Waals surface area contributed by atoms with Crippen LogP contribution in [0.25, 0.3) is 61.3 Å². The number of aromatic nitrogens is 3. The normalized spacial score (nSPS) is 11.6. The molecule has 0 fully saturated rings. The first-order valence-electron chi connectivity index (χ1n) is 12.1. The topological polar surface area (TPSA) is 43.9 Å². The van der Waals surface area contributed by atoms with E-state index in [2.05, 4.69) is 78.2 Å². The molecule has 3 aromatic heterocycles. The van der Waals surface area contributed by atoms with Crippen LogP contribution in [-0.2, 0) is 0 Å². The molecule has 0 spiro atoms. The number of para-hydroxylation sites is 2. The van der Waals surface area contributed by atoms with Crippen LogP contribution in [0.2, 0.25) is 0 Å². The molecule has 4 nitrogen and oxygen atoms in total. The minimum absolute atomic E-state index is 0.843. The summed E-state index contributed by atoms with van der Waals surface area (Å²) >= 11 is 0. The van der Waals surface area contributed by atoms with E-state index in [1.54, 1.807) is 0 Å². The van der Waals surface area contributed by atoms with E-state index in [0.717, 1.165) is 67.0 Å². The van der Waals surface area contributed by atoms with Gasteiger partial charge in [-0.1, -0.05) is 72.8 Å².